The number of piperazine rings is 1. The van der Waals surface area contributed by atoms with Crippen LogP contribution in [0.15, 0.2) is 90.4 Å². The van der Waals surface area contributed by atoms with Gasteiger partial charge in [0.05, 0.1) is 22.2 Å². The molecule has 0 bridgehead atoms. The van der Waals surface area contributed by atoms with Gasteiger partial charge in [-0.1, -0.05) is 87.5 Å². The molecule has 0 unspecified atom stereocenters. The molecule has 394 valence electrons. The lowest BCUT2D eigenvalue weighted by Gasteiger charge is -2.36. The first kappa shape index (κ1) is 54.0. The van der Waals surface area contributed by atoms with E-state index in [2.05, 4.69) is 85.4 Å². The fraction of sp³-hybridized carbons (Fsp3) is 0.474. The standard InChI is InChI=1S/C57H72FN9O6S/c1-37-51(74-36-61-37)42-18-16-39(17-19-42)33-60-54(71)49-32-46(68)35-67(49)55(72)52(57(3,4)5)63-50(69)15-8-9-22-64-25-27-66(28-26-64)56(73)62-45-30-40(29-44(58)31-45)34-59-53(70)43-20-23-65(24-21-43)38(2)47-14-10-12-41-11-6-7-13-48(41)47/h6-7,10-14,16-19,29-31,36,38,43,46,49,52,68H,8-9,15,20-28,32-35H2,1-5H3,(H,59,70)(H,60,71)(H,62,73)(H,63,69)/t38-,46-,49+,52-/m1/s1. The van der Waals surface area contributed by atoms with E-state index in [1.54, 1.807) is 22.3 Å². The van der Waals surface area contributed by atoms with Crippen molar-refractivity contribution < 1.29 is 33.5 Å². The average molecular weight is 1030 g/mol. The number of carbonyl (C=O) groups excluding carboxylic acids is 5. The largest absolute Gasteiger partial charge is 0.391 e. The molecule has 5 aromatic rings. The van der Waals surface area contributed by atoms with E-state index in [1.807, 2.05) is 57.5 Å². The third kappa shape index (κ3) is 13.7. The highest BCUT2D eigenvalue weighted by molar-refractivity contribution is 7.13. The predicted octanol–water partition coefficient (Wildman–Crippen LogP) is 7.63. The van der Waals surface area contributed by atoms with Gasteiger partial charge < -0.3 is 36.2 Å². The minimum absolute atomic E-state index is 0.00140. The molecule has 4 aromatic carbocycles. The maximum Gasteiger partial charge on any atom is 0.321 e. The molecule has 0 saturated carbocycles. The van der Waals surface area contributed by atoms with Crippen LogP contribution in [0.2, 0.25) is 0 Å². The Balaban J connectivity index is 0.726. The van der Waals surface area contributed by atoms with Crippen LogP contribution in [0.5, 0.6) is 0 Å². The SMILES string of the molecule is Cc1ncsc1-c1ccc(CNC(=O)[C@@H]2C[C@@H](O)CN2C(=O)[C@@H](NC(=O)CCCCN2CCN(C(=O)Nc3cc(F)cc(CNC(=O)C4CCN([C@H](C)c5cccc6ccccc56)CC4)c3)CC2)C(C)(C)C)cc1. The van der Waals surface area contributed by atoms with Crippen LogP contribution in [0.1, 0.15) is 94.6 Å². The second kappa shape index (κ2) is 24.4. The van der Waals surface area contributed by atoms with Crippen LogP contribution in [0.3, 0.4) is 0 Å². The number of anilines is 1. The van der Waals surface area contributed by atoms with E-state index in [9.17, 15) is 33.5 Å². The number of aliphatic hydroxyl groups excluding tert-OH is 1. The number of rotatable bonds is 17. The molecule has 3 aliphatic rings. The number of β-amino-alcohol motifs (C(OH)–C–C–N with tert-alkyl or cyclic N) is 1. The summed E-state index contributed by atoms with van der Waals surface area (Å²) >= 11 is 1.57. The predicted molar refractivity (Wildman–Crippen MR) is 287 cm³/mol. The molecule has 17 heteroatoms. The number of nitrogens with zero attached hydrogens (tertiary/aromatic N) is 5. The van der Waals surface area contributed by atoms with Crippen molar-refractivity contribution in [1.82, 2.24) is 40.5 Å². The number of benzene rings is 4. The van der Waals surface area contributed by atoms with E-state index in [-0.39, 0.29) is 68.2 Å². The number of thiazole rings is 1. The monoisotopic (exact) mass is 1030 g/mol. The first-order valence-electron chi connectivity index (χ1n) is 26.1. The zero-order valence-electron chi connectivity index (χ0n) is 43.4. The number of hydrogen-bond donors (Lipinski definition) is 5. The quantitative estimate of drug-likeness (QED) is 0.0586. The van der Waals surface area contributed by atoms with E-state index in [1.165, 1.54) is 33.4 Å². The Morgan fingerprint density at radius 2 is 1.54 bits per heavy atom. The number of nitrogens with one attached hydrogen (secondary N) is 4. The molecular weight excluding hydrogens is 958 g/mol. The maximum atomic E-state index is 14.8. The van der Waals surface area contributed by atoms with Crippen molar-refractivity contribution in [3.8, 4) is 10.4 Å². The first-order valence-corrected chi connectivity index (χ1v) is 27.0. The third-order valence-electron chi connectivity index (χ3n) is 14.9. The highest BCUT2D eigenvalue weighted by atomic mass is 32.1. The number of likely N-dealkylation sites (tertiary alicyclic amines) is 2. The van der Waals surface area contributed by atoms with Crippen LogP contribution >= 0.6 is 11.3 Å². The summed E-state index contributed by atoms with van der Waals surface area (Å²) in [6.07, 6.45) is 2.25. The van der Waals surface area contributed by atoms with Crippen molar-refractivity contribution in [2.45, 2.75) is 110 Å². The molecule has 15 nitrogen and oxygen atoms in total. The van der Waals surface area contributed by atoms with Crippen molar-refractivity contribution in [2.24, 2.45) is 11.3 Å². The smallest absolute Gasteiger partial charge is 0.321 e. The molecule has 74 heavy (non-hydrogen) atoms. The van der Waals surface area contributed by atoms with Crippen LogP contribution in [-0.4, -0.2) is 130 Å². The Labute approximate surface area is 438 Å². The number of aromatic nitrogens is 1. The van der Waals surface area contributed by atoms with Crippen molar-refractivity contribution in [3.05, 3.63) is 119 Å². The fourth-order valence-electron chi connectivity index (χ4n) is 10.5. The molecule has 4 heterocycles. The zero-order chi connectivity index (χ0) is 52.5. The minimum atomic E-state index is -0.909. The third-order valence-corrected chi connectivity index (χ3v) is 15.9. The molecule has 8 rings (SSSR count). The molecule has 5 N–H and O–H groups in total. The number of aliphatic hydroxyl groups is 1. The van der Waals surface area contributed by atoms with Crippen LogP contribution in [0.25, 0.3) is 21.2 Å². The number of unbranched alkanes of at least 4 members (excludes halogenated alkanes) is 1. The van der Waals surface area contributed by atoms with Gasteiger partial charge >= 0.3 is 6.03 Å². The van der Waals surface area contributed by atoms with Crippen LogP contribution in [0.4, 0.5) is 14.9 Å². The van der Waals surface area contributed by atoms with Crippen LogP contribution < -0.4 is 21.3 Å². The molecule has 0 aliphatic carbocycles. The van der Waals surface area contributed by atoms with Crippen molar-refractivity contribution in [3.63, 3.8) is 0 Å². The highest BCUT2D eigenvalue weighted by Crippen LogP contribution is 2.32. The summed E-state index contributed by atoms with van der Waals surface area (Å²) in [5.41, 5.74) is 6.23. The number of fused-ring (bicyclic) bond motifs is 1. The number of urea groups is 1. The van der Waals surface area contributed by atoms with Gasteiger partial charge in [-0.15, -0.1) is 11.3 Å². The Bertz CT molecular complexity index is 2760. The van der Waals surface area contributed by atoms with E-state index in [4.69, 9.17) is 0 Å². The molecular formula is C57H72FN9O6S. The van der Waals surface area contributed by atoms with Gasteiger partial charge in [-0.3, -0.25) is 29.0 Å². The summed E-state index contributed by atoms with van der Waals surface area (Å²) in [4.78, 5) is 80.7. The maximum absolute atomic E-state index is 14.8. The van der Waals surface area contributed by atoms with Gasteiger partial charge in [-0.25, -0.2) is 14.2 Å². The number of halogens is 1. The fourth-order valence-corrected chi connectivity index (χ4v) is 11.3. The lowest BCUT2D eigenvalue weighted by atomic mass is 9.85. The van der Waals surface area contributed by atoms with Gasteiger partial charge in [-0.05, 0) is 116 Å². The normalized spacial score (nSPS) is 18.7. The van der Waals surface area contributed by atoms with E-state index in [0.29, 0.717) is 43.9 Å². The summed E-state index contributed by atoms with van der Waals surface area (Å²) in [7, 11) is 0. The van der Waals surface area contributed by atoms with Crippen LogP contribution in [0, 0.1) is 24.1 Å². The Kier molecular flexibility index (Phi) is 17.8. The molecule has 0 radical (unpaired) electrons. The first-order chi connectivity index (χ1) is 35.5. The molecule has 4 atom stereocenters. The van der Waals surface area contributed by atoms with Crippen LogP contribution in [-0.2, 0) is 32.3 Å². The Morgan fingerprint density at radius 3 is 2.26 bits per heavy atom. The summed E-state index contributed by atoms with van der Waals surface area (Å²) in [6, 6.07) is 25.2. The molecule has 3 saturated heterocycles. The molecule has 0 spiro atoms. The summed E-state index contributed by atoms with van der Waals surface area (Å²) < 4.78 is 14.8. The van der Waals surface area contributed by atoms with Gasteiger partial charge in [0, 0.05) is 76.3 Å². The summed E-state index contributed by atoms with van der Waals surface area (Å²) in [6.45, 7) is 14.8. The molecule has 3 fully saturated rings. The topological polar surface area (TPSA) is 180 Å². The van der Waals surface area contributed by atoms with E-state index >= 15 is 0 Å². The molecule has 3 aliphatic heterocycles. The second-order valence-electron chi connectivity index (χ2n) is 21.3. The van der Waals surface area contributed by atoms with Gasteiger partial charge in [0.2, 0.25) is 23.6 Å². The van der Waals surface area contributed by atoms with Crippen molar-refractivity contribution >= 4 is 57.5 Å². The zero-order valence-corrected chi connectivity index (χ0v) is 44.2. The summed E-state index contributed by atoms with van der Waals surface area (Å²) in [5.74, 6) is -1.70. The van der Waals surface area contributed by atoms with Gasteiger partial charge in [0.15, 0.2) is 0 Å². The number of carbonyl (C=O) groups is 5. The van der Waals surface area contributed by atoms with E-state index in [0.717, 1.165) is 60.6 Å². The Morgan fingerprint density at radius 1 is 0.838 bits per heavy atom. The van der Waals surface area contributed by atoms with Crippen molar-refractivity contribution in [1.29, 1.82) is 0 Å². The number of aryl methyl sites for hydroxylation is 1. The second-order valence-corrected chi connectivity index (χ2v) is 22.1. The lowest BCUT2D eigenvalue weighted by Crippen LogP contribution is -2.57. The lowest BCUT2D eigenvalue weighted by molar-refractivity contribution is -0.144. The minimum Gasteiger partial charge on any atom is -0.391 e. The molecule has 1 aromatic heterocycles. The van der Waals surface area contributed by atoms with E-state index < -0.39 is 35.3 Å². The number of amides is 6. The number of hydrogen-bond acceptors (Lipinski definition) is 10. The average Bonchev–Trinajstić information content (AvgIpc) is 4.02. The Hall–Kier alpha value is -6.27. The van der Waals surface area contributed by atoms with Crippen molar-refractivity contribution in [2.75, 3.05) is 57.7 Å². The summed E-state index contributed by atoms with van der Waals surface area (Å²) in [5, 5.41) is 24.9. The van der Waals surface area contributed by atoms with Gasteiger partial charge in [0.25, 0.3) is 0 Å². The molecule has 6 amide bonds. The highest BCUT2D eigenvalue weighted by Gasteiger charge is 2.44. The van der Waals surface area contributed by atoms with Gasteiger partial charge in [0.1, 0.15) is 17.9 Å². The van der Waals surface area contributed by atoms with Gasteiger partial charge in [-0.2, -0.15) is 0 Å². The number of piperidine rings is 1.